The second-order valence-corrected chi connectivity index (χ2v) is 25.7. The van der Waals surface area contributed by atoms with Crippen molar-refractivity contribution < 1.29 is 0 Å². The number of hydrogen-bond acceptors (Lipinski definition) is 0. The molecule has 1 heteroatoms. The largest absolute Gasteiger partial charge is 0.0654 e. The van der Waals surface area contributed by atoms with E-state index in [0.717, 1.165) is 0 Å². The minimum absolute atomic E-state index is 0.817. The van der Waals surface area contributed by atoms with Gasteiger partial charge in [0.1, 0.15) is 0 Å². The normalized spacial score (nSPS) is 12.0. The quantitative estimate of drug-likeness (QED) is 0.0422. The molecule has 0 atom stereocenters. The maximum Gasteiger partial charge on any atom is 0.0594 e. The Morgan fingerprint density at radius 2 is 0.230 bits per heavy atom. The van der Waals surface area contributed by atoms with E-state index in [1.807, 2.05) is 0 Å². The van der Waals surface area contributed by atoms with Crippen LogP contribution in [0.25, 0.3) is 0 Å². The molecule has 0 rings (SSSR count). The van der Waals surface area contributed by atoms with E-state index in [4.69, 9.17) is 0 Å². The van der Waals surface area contributed by atoms with Crippen LogP contribution in [0, 0.1) is 0 Å². The van der Waals surface area contributed by atoms with Crippen LogP contribution < -0.4 is 0 Å². The molecule has 0 nitrogen and oxygen atoms in total. The van der Waals surface area contributed by atoms with E-state index in [0.29, 0.717) is 0 Å². The van der Waals surface area contributed by atoms with Crippen molar-refractivity contribution in [3.63, 3.8) is 0 Å². The zero-order valence-electron chi connectivity index (χ0n) is 44.0. The number of hydrogen-bond donors (Lipinski definition) is 0. The lowest BCUT2D eigenvalue weighted by Gasteiger charge is -2.28. The molecule has 368 valence electrons. The molecule has 61 heavy (non-hydrogen) atoms. The highest BCUT2D eigenvalue weighted by atomic mass is 31.2. The molecule has 0 aliphatic heterocycles. The molecule has 0 unspecified atom stereocenters. The molecule has 0 radical (unpaired) electrons. The van der Waals surface area contributed by atoms with Crippen LogP contribution in [0.15, 0.2) is 0 Å². The predicted molar refractivity (Wildman–Crippen MR) is 289 cm³/mol. The maximum atomic E-state index is 2.37. The molecule has 0 saturated carbocycles. The van der Waals surface area contributed by atoms with Gasteiger partial charge in [0.2, 0.25) is 0 Å². The van der Waals surface area contributed by atoms with E-state index >= 15 is 0 Å². The van der Waals surface area contributed by atoms with Crippen molar-refractivity contribution in [1.82, 2.24) is 0 Å². The first kappa shape index (κ1) is 61.4. The van der Waals surface area contributed by atoms with Crippen LogP contribution in [-0.4, -0.2) is 24.6 Å². The molecule has 0 amide bonds. The standard InChI is InChI=1S/C60H124P/c1-5-9-13-17-21-24-27-30-33-36-39-42-46-50-54-58-61(57-53-49-45-20-16-12-8-4,59-55-51-47-43-40-37-34-31-28-25-22-18-14-10-6-2)60-56-52-48-44-41-38-35-32-29-26-23-19-15-11-7-3/h5-60H2,1-4H3/q+1. The molecule has 0 aromatic rings. The van der Waals surface area contributed by atoms with Crippen molar-refractivity contribution in [2.24, 2.45) is 0 Å². The van der Waals surface area contributed by atoms with Crippen molar-refractivity contribution >= 4 is 7.26 Å². The highest BCUT2D eigenvalue weighted by Gasteiger charge is 2.35. The lowest BCUT2D eigenvalue weighted by atomic mass is 10.0. The first-order valence-corrected chi connectivity index (χ1v) is 32.6. The molecular weight excluding hydrogens is 752 g/mol. The van der Waals surface area contributed by atoms with Gasteiger partial charge in [-0.25, -0.2) is 0 Å². The monoisotopic (exact) mass is 876 g/mol. The molecule has 0 bridgehead atoms. The Morgan fingerprint density at radius 3 is 0.344 bits per heavy atom. The van der Waals surface area contributed by atoms with Gasteiger partial charge >= 0.3 is 0 Å². The molecular formula is C60H124P+. The second kappa shape index (κ2) is 54.8. The van der Waals surface area contributed by atoms with E-state index in [1.54, 1.807) is 50.3 Å². The van der Waals surface area contributed by atoms with E-state index in [1.165, 1.54) is 308 Å². The summed E-state index contributed by atoms with van der Waals surface area (Å²) in [6, 6.07) is 0. The summed E-state index contributed by atoms with van der Waals surface area (Å²) in [4.78, 5) is 0. The summed E-state index contributed by atoms with van der Waals surface area (Å²) in [5.41, 5.74) is 0. The predicted octanol–water partition coefficient (Wildman–Crippen LogP) is 23.4. The van der Waals surface area contributed by atoms with Gasteiger partial charge in [0.05, 0.1) is 24.6 Å². The van der Waals surface area contributed by atoms with Gasteiger partial charge in [0.25, 0.3) is 0 Å². The molecule has 0 N–H and O–H groups in total. The third-order valence-electron chi connectivity index (χ3n) is 14.9. The summed E-state index contributed by atoms with van der Waals surface area (Å²) in [6.45, 7) is 9.36. The third kappa shape index (κ3) is 49.7. The van der Waals surface area contributed by atoms with Crippen LogP contribution in [0.3, 0.4) is 0 Å². The van der Waals surface area contributed by atoms with Crippen LogP contribution in [0.5, 0.6) is 0 Å². The summed E-state index contributed by atoms with van der Waals surface area (Å²) < 4.78 is 0. The Balaban J connectivity index is 4.76. The van der Waals surface area contributed by atoms with Crippen molar-refractivity contribution in [2.45, 2.75) is 362 Å². The molecule has 0 aromatic heterocycles. The van der Waals surface area contributed by atoms with Gasteiger partial charge in [0, 0.05) is 7.26 Å². The molecule has 0 saturated heterocycles. The zero-order chi connectivity index (χ0) is 44.1. The Bertz CT molecular complexity index is 660. The summed E-state index contributed by atoms with van der Waals surface area (Å²) in [5.74, 6) is 0. The average molecular weight is 877 g/mol. The number of rotatable bonds is 56. The van der Waals surface area contributed by atoms with Crippen LogP contribution in [0.1, 0.15) is 362 Å². The molecule has 0 aliphatic rings. The van der Waals surface area contributed by atoms with E-state index in [9.17, 15) is 0 Å². The third-order valence-corrected chi connectivity index (χ3v) is 20.0. The van der Waals surface area contributed by atoms with E-state index in [-0.39, 0.29) is 0 Å². The Kier molecular flexibility index (Phi) is 55.1. The van der Waals surface area contributed by atoms with Gasteiger partial charge in [0.15, 0.2) is 0 Å². The van der Waals surface area contributed by atoms with Gasteiger partial charge in [-0.1, -0.05) is 310 Å². The smallest absolute Gasteiger partial charge is 0.0594 e. The Morgan fingerprint density at radius 1 is 0.131 bits per heavy atom. The molecule has 0 fully saturated rings. The molecule has 0 spiro atoms. The van der Waals surface area contributed by atoms with Gasteiger partial charge in [-0.05, 0) is 51.4 Å². The zero-order valence-corrected chi connectivity index (χ0v) is 44.9. The Hall–Kier alpha value is 0.430. The van der Waals surface area contributed by atoms with Crippen LogP contribution in [-0.2, 0) is 0 Å². The lowest BCUT2D eigenvalue weighted by molar-refractivity contribution is 0.533. The highest BCUT2D eigenvalue weighted by Crippen LogP contribution is 2.61. The molecule has 0 heterocycles. The summed E-state index contributed by atoms with van der Waals surface area (Å²) in [5, 5.41) is 0. The minimum Gasteiger partial charge on any atom is -0.0654 e. The van der Waals surface area contributed by atoms with Gasteiger partial charge < -0.3 is 0 Å². The fraction of sp³-hybridized carbons (Fsp3) is 1.00. The van der Waals surface area contributed by atoms with E-state index < -0.39 is 7.26 Å². The topological polar surface area (TPSA) is 0 Å². The number of unbranched alkanes of at least 4 members (excludes halogenated alkanes) is 48. The van der Waals surface area contributed by atoms with Gasteiger partial charge in [-0.2, -0.15) is 0 Å². The van der Waals surface area contributed by atoms with Gasteiger partial charge in [-0.3, -0.25) is 0 Å². The maximum absolute atomic E-state index is 2.37. The van der Waals surface area contributed by atoms with Crippen LogP contribution in [0.2, 0.25) is 0 Å². The second-order valence-electron chi connectivity index (χ2n) is 21.2. The van der Waals surface area contributed by atoms with Crippen molar-refractivity contribution in [1.29, 1.82) is 0 Å². The van der Waals surface area contributed by atoms with Crippen LogP contribution >= 0.6 is 7.26 Å². The highest BCUT2D eigenvalue weighted by molar-refractivity contribution is 7.75. The summed E-state index contributed by atoms with van der Waals surface area (Å²) in [7, 11) is -0.817. The van der Waals surface area contributed by atoms with Gasteiger partial charge in [-0.15, -0.1) is 0 Å². The summed E-state index contributed by atoms with van der Waals surface area (Å²) >= 11 is 0. The average Bonchev–Trinajstić information content (AvgIpc) is 3.27. The Labute approximate surface area is 391 Å². The first-order valence-electron chi connectivity index (χ1n) is 30.1. The van der Waals surface area contributed by atoms with Crippen molar-refractivity contribution in [3.8, 4) is 0 Å². The van der Waals surface area contributed by atoms with E-state index in [2.05, 4.69) is 27.7 Å². The minimum atomic E-state index is -0.817. The lowest BCUT2D eigenvalue weighted by Crippen LogP contribution is -2.13. The SMILES string of the molecule is CCCCCCCCCCCCCCCCC[P+](CCCCCCCCC)(CCCCCCCCCCCCCCCCC)CCCCCCCCCCCCCCCCC. The fourth-order valence-corrected chi connectivity index (χ4v) is 15.5. The van der Waals surface area contributed by atoms with Crippen molar-refractivity contribution in [2.75, 3.05) is 24.6 Å². The molecule has 0 aromatic carbocycles. The first-order chi connectivity index (χ1) is 30.2. The van der Waals surface area contributed by atoms with Crippen LogP contribution in [0.4, 0.5) is 0 Å². The molecule has 0 aliphatic carbocycles. The summed E-state index contributed by atoms with van der Waals surface area (Å²) in [6.07, 6.45) is 84.3. The fourth-order valence-electron chi connectivity index (χ4n) is 10.5. The van der Waals surface area contributed by atoms with Crippen molar-refractivity contribution in [3.05, 3.63) is 0 Å².